The van der Waals surface area contributed by atoms with Gasteiger partial charge in [0.1, 0.15) is 11.6 Å². The number of alkyl halides is 3. The number of nitrogen functional groups attached to an aromatic ring is 1. The second-order valence-electron chi connectivity index (χ2n) is 4.72. The normalized spacial score (nSPS) is 11.9. The number of hydrogen-bond donors (Lipinski definition) is 1. The van der Waals surface area contributed by atoms with Crippen molar-refractivity contribution < 1.29 is 13.2 Å². The summed E-state index contributed by atoms with van der Waals surface area (Å²) >= 11 is 0. The Labute approximate surface area is 111 Å². The zero-order valence-electron chi connectivity index (χ0n) is 11.3. The molecule has 0 saturated heterocycles. The van der Waals surface area contributed by atoms with E-state index in [1.165, 1.54) is 0 Å². The lowest BCUT2D eigenvalue weighted by Gasteiger charge is -2.21. The summed E-state index contributed by atoms with van der Waals surface area (Å²) in [6, 6.07) is 1.86. The summed E-state index contributed by atoms with van der Waals surface area (Å²) < 4.78 is 38.0. The monoisotopic (exact) mass is 276 g/mol. The number of nitrogens with zero attached hydrogens (tertiary/aromatic N) is 3. The molecule has 0 aliphatic rings. The Morgan fingerprint density at radius 2 is 1.79 bits per heavy atom. The molecule has 0 amide bonds. The molecule has 1 aromatic rings. The van der Waals surface area contributed by atoms with Crippen molar-refractivity contribution in [2.45, 2.75) is 12.6 Å². The zero-order valence-corrected chi connectivity index (χ0v) is 11.3. The molecule has 0 aromatic carbocycles. The van der Waals surface area contributed by atoms with Crippen LogP contribution in [0, 0.1) is 0 Å². The Morgan fingerprint density at radius 3 is 2.32 bits per heavy atom. The van der Waals surface area contributed by atoms with Crippen LogP contribution < -0.4 is 10.6 Å². The maximum Gasteiger partial charge on any atom is 0.416 e. The fourth-order valence-electron chi connectivity index (χ4n) is 1.63. The third kappa shape index (κ3) is 4.94. The smallest absolute Gasteiger partial charge is 0.384 e. The predicted octanol–water partition coefficient (Wildman–Crippen LogP) is 2.07. The van der Waals surface area contributed by atoms with E-state index >= 15 is 0 Å². The number of nitrogens with two attached hydrogens (primary N) is 1. The first-order chi connectivity index (χ1) is 8.70. The van der Waals surface area contributed by atoms with Gasteiger partial charge in [0.2, 0.25) is 0 Å². The number of hydrogen-bond acceptors (Lipinski definition) is 4. The van der Waals surface area contributed by atoms with Crippen molar-refractivity contribution in [2.75, 3.05) is 44.9 Å². The van der Waals surface area contributed by atoms with Crippen LogP contribution in [0.1, 0.15) is 12.0 Å². The minimum atomic E-state index is -4.41. The maximum absolute atomic E-state index is 12.7. The van der Waals surface area contributed by atoms with Gasteiger partial charge in [-0.25, -0.2) is 4.98 Å². The summed E-state index contributed by atoms with van der Waals surface area (Å²) in [4.78, 5) is 7.63. The summed E-state index contributed by atoms with van der Waals surface area (Å²) in [6.45, 7) is 1.48. The van der Waals surface area contributed by atoms with Crippen molar-refractivity contribution in [3.63, 3.8) is 0 Å². The molecule has 1 heterocycles. The van der Waals surface area contributed by atoms with Gasteiger partial charge in [0, 0.05) is 13.6 Å². The fraction of sp³-hybridized carbons (Fsp3) is 0.583. The highest BCUT2D eigenvalue weighted by Gasteiger charge is 2.31. The van der Waals surface area contributed by atoms with Crippen LogP contribution in [0.15, 0.2) is 12.1 Å². The van der Waals surface area contributed by atoms with E-state index in [9.17, 15) is 13.2 Å². The SMILES string of the molecule is CN(C)CCCN(C)c1cc(C(F)(F)F)cc(N)n1. The van der Waals surface area contributed by atoms with Crippen LogP contribution in [-0.2, 0) is 6.18 Å². The molecule has 7 heteroatoms. The molecule has 0 bridgehead atoms. The van der Waals surface area contributed by atoms with E-state index in [2.05, 4.69) is 4.98 Å². The quantitative estimate of drug-likeness (QED) is 0.894. The Morgan fingerprint density at radius 1 is 1.16 bits per heavy atom. The summed E-state index contributed by atoms with van der Waals surface area (Å²) in [7, 11) is 5.60. The van der Waals surface area contributed by atoms with E-state index < -0.39 is 11.7 Å². The lowest BCUT2D eigenvalue weighted by Crippen LogP contribution is -2.24. The molecule has 0 aliphatic carbocycles. The van der Waals surface area contributed by atoms with E-state index in [1.54, 1.807) is 11.9 Å². The van der Waals surface area contributed by atoms with Crippen LogP contribution in [0.5, 0.6) is 0 Å². The Kier molecular flexibility index (Phi) is 4.99. The highest BCUT2D eigenvalue weighted by Crippen LogP contribution is 2.32. The van der Waals surface area contributed by atoms with Crippen LogP contribution in [0.25, 0.3) is 0 Å². The van der Waals surface area contributed by atoms with Crippen LogP contribution >= 0.6 is 0 Å². The number of aromatic nitrogens is 1. The molecule has 108 valence electrons. The van der Waals surface area contributed by atoms with Gasteiger partial charge in [-0.1, -0.05) is 0 Å². The van der Waals surface area contributed by atoms with Gasteiger partial charge in [0.25, 0.3) is 0 Å². The van der Waals surface area contributed by atoms with Crippen molar-refractivity contribution in [1.82, 2.24) is 9.88 Å². The van der Waals surface area contributed by atoms with Gasteiger partial charge in [-0.3, -0.25) is 0 Å². The second-order valence-corrected chi connectivity index (χ2v) is 4.72. The third-order valence-corrected chi connectivity index (χ3v) is 2.65. The molecule has 1 rings (SSSR count). The van der Waals surface area contributed by atoms with Gasteiger partial charge in [-0.05, 0) is 39.2 Å². The summed E-state index contributed by atoms with van der Waals surface area (Å²) in [6.07, 6.45) is -3.57. The largest absolute Gasteiger partial charge is 0.416 e. The first-order valence-electron chi connectivity index (χ1n) is 5.91. The van der Waals surface area contributed by atoms with Gasteiger partial charge in [-0.2, -0.15) is 13.2 Å². The number of halogens is 3. The Hall–Kier alpha value is -1.50. The molecular weight excluding hydrogens is 257 g/mol. The van der Waals surface area contributed by atoms with Gasteiger partial charge in [0.05, 0.1) is 5.56 Å². The number of anilines is 2. The van der Waals surface area contributed by atoms with Gasteiger partial charge >= 0.3 is 6.18 Å². The van der Waals surface area contributed by atoms with Gasteiger partial charge in [0.15, 0.2) is 0 Å². The third-order valence-electron chi connectivity index (χ3n) is 2.65. The van der Waals surface area contributed by atoms with Crippen LogP contribution in [0.4, 0.5) is 24.8 Å². The van der Waals surface area contributed by atoms with Crippen LogP contribution in [0.2, 0.25) is 0 Å². The average Bonchev–Trinajstić information content (AvgIpc) is 2.26. The zero-order chi connectivity index (χ0) is 14.6. The van der Waals surface area contributed by atoms with Crippen molar-refractivity contribution in [2.24, 2.45) is 0 Å². The average molecular weight is 276 g/mol. The maximum atomic E-state index is 12.7. The minimum Gasteiger partial charge on any atom is -0.384 e. The molecule has 2 N–H and O–H groups in total. The van der Waals surface area contributed by atoms with E-state index in [-0.39, 0.29) is 11.6 Å². The van der Waals surface area contributed by atoms with Gasteiger partial charge in [-0.15, -0.1) is 0 Å². The van der Waals surface area contributed by atoms with Crippen LogP contribution in [-0.4, -0.2) is 44.1 Å². The lowest BCUT2D eigenvalue weighted by atomic mass is 10.2. The highest BCUT2D eigenvalue weighted by molar-refractivity contribution is 5.48. The first kappa shape index (κ1) is 15.6. The minimum absolute atomic E-state index is 0.121. The molecule has 4 nitrogen and oxygen atoms in total. The summed E-state index contributed by atoms with van der Waals surface area (Å²) in [5, 5.41) is 0. The molecule has 1 aromatic heterocycles. The Balaban J connectivity index is 2.79. The van der Waals surface area contributed by atoms with Gasteiger partial charge < -0.3 is 15.5 Å². The second kappa shape index (κ2) is 6.10. The van der Waals surface area contributed by atoms with E-state index in [0.29, 0.717) is 6.54 Å². The number of rotatable bonds is 5. The summed E-state index contributed by atoms with van der Waals surface area (Å²) in [5.41, 5.74) is 4.66. The molecule has 19 heavy (non-hydrogen) atoms. The fourth-order valence-corrected chi connectivity index (χ4v) is 1.63. The van der Waals surface area contributed by atoms with Crippen LogP contribution in [0.3, 0.4) is 0 Å². The standard InChI is InChI=1S/C12H19F3N4/c1-18(2)5-4-6-19(3)11-8-9(12(13,14)15)7-10(16)17-11/h7-8H,4-6H2,1-3H3,(H2,16,17). The summed E-state index contributed by atoms with van der Waals surface area (Å²) in [5.74, 6) is 0.121. The van der Waals surface area contributed by atoms with Crippen molar-refractivity contribution in [1.29, 1.82) is 0 Å². The topological polar surface area (TPSA) is 45.4 Å². The van der Waals surface area contributed by atoms with E-state index in [0.717, 1.165) is 25.1 Å². The molecule has 0 atom stereocenters. The number of pyridine rings is 1. The molecule has 0 fully saturated rings. The molecule has 0 radical (unpaired) electrons. The Bertz CT molecular complexity index is 418. The molecule has 0 aliphatic heterocycles. The van der Waals surface area contributed by atoms with E-state index in [4.69, 9.17) is 5.73 Å². The van der Waals surface area contributed by atoms with Crippen molar-refractivity contribution in [3.05, 3.63) is 17.7 Å². The van der Waals surface area contributed by atoms with Crippen molar-refractivity contribution >= 4 is 11.6 Å². The molecule has 0 unspecified atom stereocenters. The molecular formula is C12H19F3N4. The molecule has 0 spiro atoms. The highest BCUT2D eigenvalue weighted by atomic mass is 19.4. The van der Waals surface area contributed by atoms with E-state index in [1.807, 2.05) is 19.0 Å². The first-order valence-corrected chi connectivity index (χ1v) is 5.91. The lowest BCUT2D eigenvalue weighted by molar-refractivity contribution is -0.137. The molecule has 0 saturated carbocycles. The predicted molar refractivity (Wildman–Crippen MR) is 70.1 cm³/mol. The van der Waals surface area contributed by atoms with Crippen molar-refractivity contribution in [3.8, 4) is 0 Å².